The number of esters is 1. The highest BCUT2D eigenvalue weighted by Crippen LogP contribution is 2.23. The molecule has 1 atom stereocenters. The number of aromatic nitrogens is 1. The first-order valence-corrected chi connectivity index (χ1v) is 5.57. The van der Waals surface area contributed by atoms with Crippen molar-refractivity contribution >= 4 is 35.0 Å². The number of ether oxygens (including phenoxy) is 1. The second-order valence-corrected chi connectivity index (χ2v) is 3.96. The number of nitrogens with one attached hydrogen (secondary N) is 1. The van der Waals surface area contributed by atoms with Crippen LogP contribution in [0.1, 0.15) is 20.1 Å². The summed E-state index contributed by atoms with van der Waals surface area (Å²) in [6.07, 6.45) is 1.64. The average Bonchev–Trinajstić information content (AvgIpc) is 2.70. The maximum atomic E-state index is 10.9. The summed E-state index contributed by atoms with van der Waals surface area (Å²) >= 11 is 0. The maximum Gasteiger partial charge on any atom is 0.304 e. The monoisotopic (exact) mass is 268 g/mol. The highest BCUT2D eigenvalue weighted by Gasteiger charge is 2.10. The third kappa shape index (κ3) is 2.76. The molecule has 98 valence electrons. The zero-order valence-corrected chi connectivity index (χ0v) is 11.5. The Labute approximate surface area is 112 Å². The lowest BCUT2D eigenvalue weighted by Crippen LogP contribution is -2.11. The van der Waals surface area contributed by atoms with Crippen LogP contribution in [0.15, 0.2) is 30.5 Å². The summed E-state index contributed by atoms with van der Waals surface area (Å²) in [6, 6.07) is 8.09. The lowest BCUT2D eigenvalue weighted by Gasteiger charge is -2.15. The van der Waals surface area contributed by atoms with Crippen molar-refractivity contribution in [3.63, 3.8) is 0 Å². The van der Waals surface area contributed by atoms with Crippen LogP contribution in [0.25, 0.3) is 10.9 Å². The molecule has 0 saturated carbocycles. The summed E-state index contributed by atoms with van der Waals surface area (Å²) in [5.41, 5.74) is 2.12. The molecule has 0 saturated heterocycles. The maximum absolute atomic E-state index is 10.9. The van der Waals surface area contributed by atoms with Gasteiger partial charge in [-0.15, -0.1) is 12.4 Å². The number of carbonyl (C=O) groups is 1. The summed E-state index contributed by atoms with van der Waals surface area (Å²) in [5, 5.41) is 4.22. The molecule has 1 aromatic carbocycles. The molecule has 4 nitrogen and oxygen atoms in total. The Morgan fingerprint density at radius 3 is 2.72 bits per heavy atom. The van der Waals surface area contributed by atoms with Crippen molar-refractivity contribution in [2.24, 2.45) is 0 Å². The molecule has 0 aliphatic rings. The van der Waals surface area contributed by atoms with Gasteiger partial charge in [-0.2, -0.15) is 0 Å². The largest absolute Gasteiger partial charge is 0.442 e. The van der Waals surface area contributed by atoms with Gasteiger partial charge in [0.15, 0.2) is 6.23 Å². The number of hydrogen-bond donors (Lipinski definition) is 1. The van der Waals surface area contributed by atoms with Crippen LogP contribution in [0, 0.1) is 0 Å². The Hall–Kier alpha value is -1.68. The number of fused-ring (bicyclic) bond motifs is 1. The van der Waals surface area contributed by atoms with E-state index in [4.69, 9.17) is 4.74 Å². The molecule has 5 heteroatoms. The molecule has 1 unspecified atom stereocenters. The van der Waals surface area contributed by atoms with E-state index in [1.54, 1.807) is 0 Å². The predicted molar refractivity (Wildman–Crippen MR) is 75.2 cm³/mol. The fraction of sp³-hybridized carbons (Fsp3) is 0.308. The second kappa shape index (κ2) is 5.78. The van der Waals surface area contributed by atoms with Gasteiger partial charge in [0.05, 0.1) is 5.52 Å². The van der Waals surface area contributed by atoms with E-state index in [0.717, 1.165) is 16.6 Å². The van der Waals surface area contributed by atoms with Crippen molar-refractivity contribution in [2.75, 3.05) is 12.4 Å². The van der Waals surface area contributed by atoms with Gasteiger partial charge in [-0.25, -0.2) is 0 Å². The standard InChI is InChI=1S/C13H16N2O2.ClH/c1-9(17-10(2)16)15-7-6-11-8-12(14-3)4-5-13(11)15;/h4-9,14H,1-3H3;1H. The summed E-state index contributed by atoms with van der Waals surface area (Å²) in [6.45, 7) is 3.27. The minimum absolute atomic E-state index is 0. The van der Waals surface area contributed by atoms with Crippen molar-refractivity contribution in [2.45, 2.75) is 20.1 Å². The normalized spacial score (nSPS) is 11.7. The van der Waals surface area contributed by atoms with Crippen LogP contribution >= 0.6 is 12.4 Å². The Morgan fingerprint density at radius 2 is 2.11 bits per heavy atom. The first-order chi connectivity index (χ1) is 8.11. The Balaban J connectivity index is 0.00000162. The molecule has 1 heterocycles. The smallest absolute Gasteiger partial charge is 0.304 e. The van der Waals surface area contributed by atoms with Gasteiger partial charge in [-0.3, -0.25) is 4.79 Å². The number of anilines is 1. The van der Waals surface area contributed by atoms with E-state index < -0.39 is 0 Å². The number of hydrogen-bond acceptors (Lipinski definition) is 3. The molecular formula is C13H17ClN2O2. The average molecular weight is 269 g/mol. The molecule has 0 spiro atoms. The molecule has 0 fully saturated rings. The van der Waals surface area contributed by atoms with Crippen molar-refractivity contribution < 1.29 is 9.53 Å². The first-order valence-electron chi connectivity index (χ1n) is 5.57. The van der Waals surface area contributed by atoms with Crippen LogP contribution in [-0.2, 0) is 9.53 Å². The second-order valence-electron chi connectivity index (χ2n) is 3.96. The Morgan fingerprint density at radius 1 is 1.39 bits per heavy atom. The van der Waals surface area contributed by atoms with Gasteiger partial charge in [0.2, 0.25) is 0 Å². The van der Waals surface area contributed by atoms with E-state index in [2.05, 4.69) is 11.4 Å². The summed E-state index contributed by atoms with van der Waals surface area (Å²) < 4.78 is 7.11. The molecule has 0 bridgehead atoms. The van der Waals surface area contributed by atoms with Crippen LogP contribution in [0.4, 0.5) is 5.69 Å². The molecule has 0 radical (unpaired) electrons. The highest BCUT2D eigenvalue weighted by molar-refractivity contribution is 5.85. The van der Waals surface area contributed by atoms with Crippen molar-refractivity contribution in [3.05, 3.63) is 30.5 Å². The molecule has 0 aliphatic heterocycles. The zero-order chi connectivity index (χ0) is 12.4. The van der Waals surface area contributed by atoms with Crippen LogP contribution in [0.2, 0.25) is 0 Å². The molecule has 2 aromatic rings. The fourth-order valence-corrected chi connectivity index (χ4v) is 1.93. The van der Waals surface area contributed by atoms with Crippen molar-refractivity contribution in [1.29, 1.82) is 0 Å². The minimum atomic E-state index is -0.287. The molecule has 1 N–H and O–H groups in total. The van der Waals surface area contributed by atoms with Gasteiger partial charge in [0, 0.05) is 31.2 Å². The van der Waals surface area contributed by atoms with Gasteiger partial charge in [-0.1, -0.05) is 0 Å². The zero-order valence-electron chi connectivity index (χ0n) is 10.6. The predicted octanol–water partition coefficient (Wildman–Crippen LogP) is 3.19. The third-order valence-electron chi connectivity index (χ3n) is 2.74. The van der Waals surface area contributed by atoms with Crippen LogP contribution in [-0.4, -0.2) is 17.6 Å². The molecule has 0 aliphatic carbocycles. The third-order valence-corrected chi connectivity index (χ3v) is 2.74. The summed E-state index contributed by atoms with van der Waals surface area (Å²) in [7, 11) is 1.89. The summed E-state index contributed by atoms with van der Waals surface area (Å²) in [4.78, 5) is 10.9. The van der Waals surface area contributed by atoms with Gasteiger partial charge >= 0.3 is 5.97 Å². The SMILES string of the molecule is CNc1ccc2c(ccn2C(C)OC(C)=O)c1.Cl. The quantitative estimate of drug-likeness (QED) is 0.870. The van der Waals surface area contributed by atoms with Gasteiger partial charge in [0.25, 0.3) is 0 Å². The van der Waals surface area contributed by atoms with Gasteiger partial charge in [0.1, 0.15) is 0 Å². The number of rotatable bonds is 3. The molecule has 18 heavy (non-hydrogen) atoms. The fourth-order valence-electron chi connectivity index (χ4n) is 1.93. The number of benzene rings is 1. The molecular weight excluding hydrogens is 252 g/mol. The van der Waals surface area contributed by atoms with Crippen LogP contribution in [0.3, 0.4) is 0 Å². The van der Waals surface area contributed by atoms with Crippen LogP contribution in [0.5, 0.6) is 0 Å². The van der Waals surface area contributed by atoms with E-state index in [1.807, 2.05) is 42.9 Å². The Bertz CT molecular complexity index is 551. The van der Waals surface area contributed by atoms with Crippen molar-refractivity contribution in [1.82, 2.24) is 4.57 Å². The Kier molecular flexibility index (Phi) is 4.62. The highest BCUT2D eigenvalue weighted by atomic mass is 35.5. The van der Waals surface area contributed by atoms with E-state index in [0.29, 0.717) is 0 Å². The minimum Gasteiger partial charge on any atom is -0.442 e. The number of nitrogens with zero attached hydrogens (tertiary/aromatic N) is 1. The van der Waals surface area contributed by atoms with Gasteiger partial charge < -0.3 is 14.6 Å². The molecule has 1 aromatic heterocycles. The topological polar surface area (TPSA) is 43.3 Å². The number of carbonyl (C=O) groups excluding carboxylic acids is 1. The van der Waals surface area contributed by atoms with E-state index in [9.17, 15) is 4.79 Å². The molecule has 0 amide bonds. The molecule has 2 rings (SSSR count). The number of halogens is 1. The van der Waals surface area contributed by atoms with E-state index in [1.165, 1.54) is 6.92 Å². The first kappa shape index (κ1) is 14.4. The van der Waals surface area contributed by atoms with E-state index in [-0.39, 0.29) is 24.6 Å². The van der Waals surface area contributed by atoms with Crippen LogP contribution < -0.4 is 5.32 Å². The van der Waals surface area contributed by atoms with Gasteiger partial charge in [-0.05, 0) is 31.2 Å². The summed E-state index contributed by atoms with van der Waals surface area (Å²) in [5.74, 6) is -0.272. The lowest BCUT2D eigenvalue weighted by molar-refractivity contribution is -0.149. The lowest BCUT2D eigenvalue weighted by atomic mass is 10.2. The van der Waals surface area contributed by atoms with E-state index >= 15 is 0 Å². The van der Waals surface area contributed by atoms with Crippen molar-refractivity contribution in [3.8, 4) is 0 Å².